The number of hydrogen-bond donors (Lipinski definition) is 2. The smallest absolute Gasteiger partial charge is 0.0408 e. The van der Waals surface area contributed by atoms with Crippen LogP contribution in [0.15, 0.2) is 0 Å². The van der Waals surface area contributed by atoms with Gasteiger partial charge in [-0.15, -0.1) is 0 Å². The fourth-order valence-electron chi connectivity index (χ4n) is 0. The van der Waals surface area contributed by atoms with Crippen molar-refractivity contribution < 1.29 is 36.4 Å². The summed E-state index contributed by atoms with van der Waals surface area (Å²) in [4.78, 5) is 0. The van der Waals surface area contributed by atoms with Gasteiger partial charge in [-0.1, -0.05) is 0 Å². The Morgan fingerprint density at radius 1 is 1.57 bits per heavy atom. The van der Waals surface area contributed by atoms with Gasteiger partial charge in [0, 0.05) is 50.2 Å². The molecule has 1 unspecified atom stereocenters. The minimum atomic E-state index is -0.810. The van der Waals surface area contributed by atoms with E-state index in [-0.39, 0.29) is 50.2 Å². The predicted molar refractivity (Wildman–Crippen MR) is 24.2 cm³/mol. The summed E-state index contributed by atoms with van der Waals surface area (Å²) < 4.78 is 0. The van der Waals surface area contributed by atoms with E-state index in [0.29, 0.717) is 0 Å². The molecule has 2 nitrogen and oxygen atoms in total. The van der Waals surface area contributed by atoms with Gasteiger partial charge in [-0.2, -0.15) is 0 Å². The van der Waals surface area contributed by atoms with E-state index < -0.39 is 6.10 Å². The Kier molecular flexibility index (Phi) is 23.3. The molecule has 0 saturated carbocycles. The van der Waals surface area contributed by atoms with Crippen LogP contribution in [0.5, 0.6) is 0 Å². The molecule has 0 aliphatic carbocycles. The normalized spacial score (nSPS) is 10.7. The van der Waals surface area contributed by atoms with Crippen molar-refractivity contribution in [2.75, 3.05) is 6.61 Å². The van der Waals surface area contributed by atoms with E-state index in [4.69, 9.17) is 10.2 Å². The van der Waals surface area contributed by atoms with Gasteiger partial charge in [0.05, 0.1) is 0 Å². The summed E-state index contributed by atoms with van der Waals surface area (Å²) in [5.41, 5.74) is 0. The Morgan fingerprint density at radius 3 is 1.71 bits per heavy atom. The van der Waals surface area contributed by atoms with Crippen molar-refractivity contribution in [3.05, 3.63) is 6.92 Å². The van der Waals surface area contributed by atoms with Gasteiger partial charge in [-0.25, -0.2) is 0 Å². The molecule has 0 heterocycles. The zero-order valence-electron chi connectivity index (χ0n) is 3.96. The Morgan fingerprint density at radius 2 is 1.71 bits per heavy atom. The van der Waals surface area contributed by atoms with Crippen molar-refractivity contribution in [1.29, 1.82) is 0 Å². The SMILES string of the molecule is [Al].[CH2-]C(O)CO.[Zr]. The maximum atomic E-state index is 8.00. The van der Waals surface area contributed by atoms with E-state index in [1.165, 1.54) is 0 Å². The summed E-state index contributed by atoms with van der Waals surface area (Å²) in [5, 5.41) is 15.8. The average molecular weight is 193 g/mol. The van der Waals surface area contributed by atoms with Gasteiger partial charge >= 0.3 is 0 Å². The van der Waals surface area contributed by atoms with Crippen LogP contribution < -0.4 is 0 Å². The summed E-state index contributed by atoms with van der Waals surface area (Å²) in [6, 6.07) is 0. The first kappa shape index (κ1) is 15.8. The summed E-state index contributed by atoms with van der Waals surface area (Å²) in [6.07, 6.45) is -0.810. The van der Waals surface area contributed by atoms with Gasteiger partial charge in [0.1, 0.15) is 0 Å². The maximum absolute atomic E-state index is 8.00. The topological polar surface area (TPSA) is 40.5 Å². The molecule has 0 fully saturated rings. The Hall–Kier alpha value is 1.34. The average Bonchev–Trinajstić information content (AvgIpc) is 1.38. The van der Waals surface area contributed by atoms with Gasteiger partial charge in [-0.3, -0.25) is 0 Å². The number of aliphatic hydroxyl groups is 2. The first-order valence-corrected chi connectivity index (χ1v) is 1.39. The van der Waals surface area contributed by atoms with Crippen LogP contribution in [-0.2, 0) is 26.2 Å². The number of aliphatic hydroxyl groups excluding tert-OH is 2. The van der Waals surface area contributed by atoms with Crippen LogP contribution in [0.4, 0.5) is 0 Å². The standard InChI is InChI=1S/C3H7O2.Al.Zr/c1-3(5)2-4;;/h3-5H,1-2H2;;/q-1;;. The molecule has 0 rings (SSSR count). The minimum absolute atomic E-state index is 0. The van der Waals surface area contributed by atoms with Crippen molar-refractivity contribution in [3.63, 3.8) is 0 Å². The molecule has 0 amide bonds. The van der Waals surface area contributed by atoms with Crippen LogP contribution in [-0.4, -0.2) is 40.3 Å². The van der Waals surface area contributed by atoms with Crippen LogP contribution in [0, 0.1) is 6.92 Å². The zero-order chi connectivity index (χ0) is 4.28. The summed E-state index contributed by atoms with van der Waals surface area (Å²) in [5.74, 6) is 0. The minimum Gasteiger partial charge on any atom is -0.423 e. The molecule has 39 valence electrons. The molecular weight excluding hydrogens is 186 g/mol. The molecule has 3 radical (unpaired) electrons. The molecule has 0 aromatic rings. The molecule has 4 heteroatoms. The second-order valence-corrected chi connectivity index (χ2v) is 0.836. The molecule has 0 spiro atoms. The molecule has 0 aromatic heterocycles. The van der Waals surface area contributed by atoms with Crippen LogP contribution >= 0.6 is 0 Å². The van der Waals surface area contributed by atoms with Crippen molar-refractivity contribution >= 4 is 17.4 Å². The third kappa shape index (κ3) is 18.8. The fraction of sp³-hybridized carbons (Fsp3) is 0.667. The maximum Gasteiger partial charge on any atom is 0.0408 e. The molecule has 0 aliphatic heterocycles. The first-order valence-electron chi connectivity index (χ1n) is 1.39. The second-order valence-electron chi connectivity index (χ2n) is 0.836. The van der Waals surface area contributed by atoms with Crippen LogP contribution in [0.1, 0.15) is 0 Å². The van der Waals surface area contributed by atoms with Crippen molar-refractivity contribution in [2.45, 2.75) is 6.10 Å². The van der Waals surface area contributed by atoms with Crippen molar-refractivity contribution in [3.8, 4) is 0 Å². The van der Waals surface area contributed by atoms with Crippen LogP contribution in [0.25, 0.3) is 0 Å². The molecule has 0 saturated heterocycles. The monoisotopic (exact) mass is 192 g/mol. The fourth-order valence-corrected chi connectivity index (χ4v) is 0. The molecule has 7 heavy (non-hydrogen) atoms. The molecule has 2 N–H and O–H groups in total. The van der Waals surface area contributed by atoms with Gasteiger partial charge < -0.3 is 17.1 Å². The van der Waals surface area contributed by atoms with Crippen molar-refractivity contribution in [1.82, 2.24) is 0 Å². The van der Waals surface area contributed by atoms with E-state index in [1.54, 1.807) is 0 Å². The van der Waals surface area contributed by atoms with Gasteiger partial charge in [0.15, 0.2) is 0 Å². The summed E-state index contributed by atoms with van der Waals surface area (Å²) in [7, 11) is 0. The first-order chi connectivity index (χ1) is 2.27. The van der Waals surface area contributed by atoms with Crippen LogP contribution in [0.3, 0.4) is 0 Å². The largest absolute Gasteiger partial charge is 0.423 e. The van der Waals surface area contributed by atoms with E-state index >= 15 is 0 Å². The summed E-state index contributed by atoms with van der Waals surface area (Å²) >= 11 is 0. The predicted octanol–water partition coefficient (Wildman–Crippen LogP) is -1.21. The van der Waals surface area contributed by atoms with E-state index in [1.807, 2.05) is 0 Å². The molecule has 1 atom stereocenters. The Labute approximate surface area is 73.2 Å². The third-order valence-electron chi connectivity index (χ3n) is 0.211. The number of rotatable bonds is 1. The van der Waals surface area contributed by atoms with Gasteiger partial charge in [0.25, 0.3) is 0 Å². The van der Waals surface area contributed by atoms with Gasteiger partial charge in [0.2, 0.25) is 0 Å². The molecule has 0 bridgehead atoms. The molecular formula is C3H7AlO2Zr-. The number of hydrogen-bond acceptors (Lipinski definition) is 2. The molecule has 0 aliphatic rings. The van der Waals surface area contributed by atoms with E-state index in [9.17, 15) is 0 Å². The van der Waals surface area contributed by atoms with E-state index in [0.717, 1.165) is 0 Å². The quantitative estimate of drug-likeness (QED) is 0.405. The molecule has 0 aromatic carbocycles. The zero-order valence-corrected chi connectivity index (χ0v) is 7.58. The Balaban J connectivity index is -0.0000000800. The van der Waals surface area contributed by atoms with Gasteiger partial charge in [-0.05, 0) is 6.10 Å². The van der Waals surface area contributed by atoms with Crippen LogP contribution in [0.2, 0.25) is 0 Å². The summed E-state index contributed by atoms with van der Waals surface area (Å²) in [6.45, 7) is 2.81. The third-order valence-corrected chi connectivity index (χ3v) is 0.211. The van der Waals surface area contributed by atoms with Crippen molar-refractivity contribution in [2.24, 2.45) is 0 Å². The van der Waals surface area contributed by atoms with E-state index in [2.05, 4.69) is 6.92 Å². The Bertz CT molecular complexity index is 26.9. The second kappa shape index (κ2) is 10.3.